The summed E-state index contributed by atoms with van der Waals surface area (Å²) in [4.78, 5) is 9.71. The molecule has 8 heteroatoms. The molecule has 5 rings (SSSR count). The number of nitrogens with one attached hydrogen (secondary N) is 1. The fourth-order valence-corrected chi connectivity index (χ4v) is 4.70. The van der Waals surface area contributed by atoms with Crippen LogP contribution >= 0.6 is 11.5 Å². The van der Waals surface area contributed by atoms with Crippen LogP contribution in [0.25, 0.3) is 22.5 Å². The summed E-state index contributed by atoms with van der Waals surface area (Å²) in [7, 11) is 1.93. The fourth-order valence-electron chi connectivity index (χ4n) is 3.87. The number of fused-ring (bicyclic) bond motifs is 1. The normalized spacial score (nSPS) is 14.8. The smallest absolute Gasteiger partial charge is 0.181 e. The lowest BCUT2D eigenvalue weighted by molar-refractivity contribution is 0.576. The Morgan fingerprint density at radius 2 is 2.00 bits per heavy atom. The minimum atomic E-state index is 0.00865. The molecule has 0 unspecified atom stereocenters. The Balaban J connectivity index is 1.63. The second kappa shape index (κ2) is 7.60. The lowest BCUT2D eigenvalue weighted by Crippen LogP contribution is -2.10. The fraction of sp³-hybridized carbons (Fsp3) is 0.391. The van der Waals surface area contributed by atoms with Gasteiger partial charge in [-0.15, -0.1) is 0 Å². The van der Waals surface area contributed by atoms with Crippen LogP contribution in [-0.2, 0) is 12.5 Å². The average Bonchev–Trinajstić information content (AvgIpc) is 3.47. The highest BCUT2D eigenvalue weighted by Crippen LogP contribution is 2.33. The number of hydrogen-bond acceptors (Lipinski definition) is 6. The maximum atomic E-state index is 5.00. The zero-order chi connectivity index (χ0) is 21.6. The first-order valence-electron chi connectivity index (χ1n) is 10.7. The molecule has 0 fully saturated rings. The topological polar surface area (TPSA) is 72.9 Å². The minimum absolute atomic E-state index is 0.00865. The number of aromatic nitrogens is 6. The van der Waals surface area contributed by atoms with Crippen molar-refractivity contribution in [2.45, 2.75) is 51.9 Å². The largest absolute Gasteiger partial charge is 0.328 e. The Morgan fingerprint density at radius 3 is 2.68 bits per heavy atom. The van der Waals surface area contributed by atoms with E-state index in [0.717, 1.165) is 52.0 Å². The first-order chi connectivity index (χ1) is 14.9. The van der Waals surface area contributed by atoms with E-state index in [4.69, 9.17) is 9.97 Å². The lowest BCUT2D eigenvalue weighted by atomic mass is 9.92. The van der Waals surface area contributed by atoms with Crippen LogP contribution in [0.15, 0.2) is 36.9 Å². The van der Waals surface area contributed by atoms with Crippen molar-refractivity contribution >= 4 is 33.6 Å². The van der Waals surface area contributed by atoms with Gasteiger partial charge in [0.15, 0.2) is 11.5 Å². The first-order valence-corrected chi connectivity index (χ1v) is 11.5. The van der Waals surface area contributed by atoms with Gasteiger partial charge in [-0.25, -0.2) is 9.97 Å². The van der Waals surface area contributed by atoms with Crippen molar-refractivity contribution in [1.29, 1.82) is 0 Å². The Morgan fingerprint density at radius 1 is 1.13 bits per heavy atom. The highest BCUT2D eigenvalue weighted by atomic mass is 32.1. The van der Waals surface area contributed by atoms with E-state index in [1.807, 2.05) is 30.3 Å². The van der Waals surface area contributed by atoms with Crippen LogP contribution in [0.3, 0.4) is 0 Å². The predicted octanol–water partition coefficient (Wildman–Crippen LogP) is 5.58. The molecule has 0 saturated carbocycles. The van der Waals surface area contributed by atoms with Crippen molar-refractivity contribution in [3.8, 4) is 11.3 Å². The molecule has 0 radical (unpaired) electrons. The van der Waals surface area contributed by atoms with Gasteiger partial charge >= 0.3 is 0 Å². The zero-order valence-corrected chi connectivity index (χ0v) is 19.2. The van der Waals surface area contributed by atoms with Crippen molar-refractivity contribution in [3.63, 3.8) is 0 Å². The van der Waals surface area contributed by atoms with Crippen LogP contribution in [0.2, 0.25) is 0 Å². The summed E-state index contributed by atoms with van der Waals surface area (Å²) in [6.45, 7) is 6.52. The van der Waals surface area contributed by atoms with E-state index >= 15 is 0 Å². The molecule has 0 spiro atoms. The number of imidazole rings is 1. The van der Waals surface area contributed by atoms with Crippen LogP contribution < -0.4 is 5.32 Å². The van der Waals surface area contributed by atoms with E-state index in [1.54, 1.807) is 0 Å². The SMILES string of the molecule is Cn1cc(-c2cnc3c(Nc4cc(C(C)(C)C)ns4)nc(C4=CCCCC4)cn23)cn1. The first kappa shape index (κ1) is 19.9. The Bertz CT molecular complexity index is 1270. The van der Waals surface area contributed by atoms with Crippen LogP contribution in [0, 0.1) is 0 Å². The summed E-state index contributed by atoms with van der Waals surface area (Å²) >= 11 is 1.46. The lowest BCUT2D eigenvalue weighted by Gasteiger charge is -2.15. The zero-order valence-electron chi connectivity index (χ0n) is 18.4. The molecule has 0 aromatic carbocycles. The van der Waals surface area contributed by atoms with Crippen molar-refractivity contribution in [3.05, 3.63) is 48.3 Å². The molecular weight excluding hydrogens is 406 g/mol. The van der Waals surface area contributed by atoms with E-state index in [0.29, 0.717) is 0 Å². The molecule has 0 saturated heterocycles. The molecule has 1 aliphatic rings. The van der Waals surface area contributed by atoms with E-state index < -0.39 is 0 Å². The summed E-state index contributed by atoms with van der Waals surface area (Å²) in [5, 5.41) is 8.81. The Kier molecular flexibility index (Phi) is 4.89. The van der Waals surface area contributed by atoms with Crippen molar-refractivity contribution < 1.29 is 0 Å². The third kappa shape index (κ3) is 3.87. The Hall–Kier alpha value is -3.00. The number of nitrogens with zero attached hydrogens (tertiary/aromatic N) is 6. The van der Waals surface area contributed by atoms with E-state index in [-0.39, 0.29) is 5.41 Å². The van der Waals surface area contributed by atoms with Gasteiger partial charge in [0, 0.05) is 30.4 Å². The second-order valence-corrected chi connectivity index (χ2v) is 9.95. The quantitative estimate of drug-likeness (QED) is 0.454. The van der Waals surface area contributed by atoms with Crippen LogP contribution in [-0.4, -0.2) is 28.5 Å². The number of hydrogen-bond donors (Lipinski definition) is 1. The Labute approximate surface area is 186 Å². The van der Waals surface area contributed by atoms with Gasteiger partial charge in [0.05, 0.1) is 29.5 Å². The number of allylic oxidation sites excluding steroid dienone is 2. The molecule has 1 N–H and O–H groups in total. The van der Waals surface area contributed by atoms with E-state index in [1.165, 1.54) is 29.9 Å². The van der Waals surface area contributed by atoms with Crippen molar-refractivity contribution in [2.75, 3.05) is 5.32 Å². The molecule has 4 heterocycles. The highest BCUT2D eigenvalue weighted by molar-refractivity contribution is 7.10. The molecule has 7 nitrogen and oxygen atoms in total. The summed E-state index contributed by atoms with van der Waals surface area (Å²) in [5.41, 5.74) is 6.22. The van der Waals surface area contributed by atoms with Crippen molar-refractivity contribution in [2.24, 2.45) is 7.05 Å². The summed E-state index contributed by atoms with van der Waals surface area (Å²) in [5.74, 6) is 0.753. The maximum Gasteiger partial charge on any atom is 0.181 e. The van der Waals surface area contributed by atoms with Gasteiger partial charge in [0.2, 0.25) is 0 Å². The van der Waals surface area contributed by atoms with Gasteiger partial charge < -0.3 is 5.32 Å². The van der Waals surface area contributed by atoms with Crippen LogP contribution in [0.1, 0.15) is 57.8 Å². The third-order valence-electron chi connectivity index (χ3n) is 5.63. The third-order valence-corrected chi connectivity index (χ3v) is 6.34. The molecule has 0 atom stereocenters. The molecule has 4 aromatic rings. The molecular formula is C23H27N7S. The van der Waals surface area contributed by atoms with Gasteiger partial charge in [-0.3, -0.25) is 9.08 Å². The van der Waals surface area contributed by atoms with Crippen LogP contribution in [0.4, 0.5) is 10.8 Å². The highest BCUT2D eigenvalue weighted by Gasteiger charge is 2.20. The van der Waals surface area contributed by atoms with E-state index in [9.17, 15) is 0 Å². The van der Waals surface area contributed by atoms with E-state index in [2.05, 4.69) is 58.3 Å². The number of rotatable bonds is 4. The van der Waals surface area contributed by atoms with Gasteiger partial charge in [-0.1, -0.05) is 26.8 Å². The maximum absolute atomic E-state index is 5.00. The summed E-state index contributed by atoms with van der Waals surface area (Å²) < 4.78 is 8.57. The monoisotopic (exact) mass is 433 g/mol. The van der Waals surface area contributed by atoms with Crippen molar-refractivity contribution in [1.82, 2.24) is 28.5 Å². The minimum Gasteiger partial charge on any atom is -0.328 e. The predicted molar refractivity (Wildman–Crippen MR) is 126 cm³/mol. The number of anilines is 2. The summed E-state index contributed by atoms with van der Waals surface area (Å²) in [6.07, 6.45) is 14.8. The van der Waals surface area contributed by atoms with Crippen LogP contribution in [0.5, 0.6) is 0 Å². The van der Waals surface area contributed by atoms with Gasteiger partial charge in [-0.2, -0.15) is 9.47 Å². The van der Waals surface area contributed by atoms with Gasteiger partial charge in [0.25, 0.3) is 0 Å². The molecule has 0 amide bonds. The molecule has 0 aliphatic heterocycles. The standard InChI is InChI=1S/C23H27N7S/c1-23(2,3)19-10-20(31-28-19)27-21-22-24-12-18(16-11-25-29(4)13-16)30(22)14-17(26-21)15-8-6-5-7-9-15/h8,10-14H,5-7,9H2,1-4H3,(H,26,27). The average molecular weight is 434 g/mol. The number of aryl methyl sites for hydroxylation is 1. The second-order valence-electron chi connectivity index (χ2n) is 9.14. The molecule has 4 aromatic heterocycles. The van der Waals surface area contributed by atoms with Gasteiger partial charge in [-0.05, 0) is 48.9 Å². The molecule has 31 heavy (non-hydrogen) atoms. The van der Waals surface area contributed by atoms with Gasteiger partial charge in [0.1, 0.15) is 5.00 Å². The molecule has 160 valence electrons. The summed E-state index contributed by atoms with van der Waals surface area (Å²) in [6, 6.07) is 2.11. The molecule has 0 bridgehead atoms. The molecule has 1 aliphatic carbocycles.